The molecule has 0 aliphatic heterocycles. The second-order valence-electron chi connectivity index (χ2n) is 6.30. The first-order valence-electron chi connectivity index (χ1n) is 9.01. The molecule has 0 unspecified atom stereocenters. The van der Waals surface area contributed by atoms with Crippen LogP contribution >= 0.6 is 0 Å². The van der Waals surface area contributed by atoms with Gasteiger partial charge in [0.2, 0.25) is 0 Å². The van der Waals surface area contributed by atoms with Crippen LogP contribution in [0.4, 0.5) is 0 Å². The van der Waals surface area contributed by atoms with Gasteiger partial charge in [0.1, 0.15) is 0 Å². The molecule has 0 aromatic carbocycles. The van der Waals surface area contributed by atoms with Gasteiger partial charge in [-0.25, -0.2) is 9.78 Å². The molecule has 0 bridgehead atoms. The monoisotopic (exact) mass is 286 g/mol. The van der Waals surface area contributed by atoms with Gasteiger partial charge in [0.25, 0.3) is 0 Å². The van der Waals surface area contributed by atoms with Gasteiger partial charge in [-0.15, -0.1) is 0 Å². The summed E-state index contributed by atoms with van der Waals surface area (Å²) in [5.41, 5.74) is 0. The lowest BCUT2D eigenvalue weighted by atomic mass is 10.0. The standard InChI is InChI=1S/C18H38O2/c1-4-19-20-17-15-13-11-9-7-5-6-8-10-12-14-16-18(2)3/h18H,4-17H2,1-3H3. The minimum Gasteiger partial charge on any atom is -0.237 e. The Morgan fingerprint density at radius 3 is 1.50 bits per heavy atom. The Morgan fingerprint density at radius 1 is 0.600 bits per heavy atom. The lowest BCUT2D eigenvalue weighted by Gasteiger charge is -2.05. The van der Waals surface area contributed by atoms with Crippen LogP contribution in [0.5, 0.6) is 0 Å². The second-order valence-corrected chi connectivity index (χ2v) is 6.30. The van der Waals surface area contributed by atoms with Gasteiger partial charge in [-0.3, -0.25) is 0 Å². The van der Waals surface area contributed by atoms with Crippen LogP contribution in [0.1, 0.15) is 97.8 Å². The zero-order valence-electron chi connectivity index (χ0n) is 14.3. The van der Waals surface area contributed by atoms with Crippen molar-refractivity contribution in [2.45, 2.75) is 97.8 Å². The van der Waals surface area contributed by atoms with E-state index in [1.807, 2.05) is 6.92 Å². The molecule has 0 saturated heterocycles. The molecule has 122 valence electrons. The molecule has 0 aromatic heterocycles. The van der Waals surface area contributed by atoms with Crippen molar-refractivity contribution in [2.75, 3.05) is 13.2 Å². The van der Waals surface area contributed by atoms with Crippen molar-refractivity contribution < 1.29 is 9.78 Å². The third-order valence-corrected chi connectivity index (χ3v) is 3.71. The molecule has 0 amide bonds. The van der Waals surface area contributed by atoms with Crippen molar-refractivity contribution in [3.63, 3.8) is 0 Å². The van der Waals surface area contributed by atoms with E-state index in [4.69, 9.17) is 9.78 Å². The molecule has 2 heteroatoms. The average Bonchev–Trinajstić information content (AvgIpc) is 2.43. The fraction of sp³-hybridized carbons (Fsp3) is 1.00. The minimum atomic E-state index is 0.650. The number of hydrogen-bond donors (Lipinski definition) is 0. The van der Waals surface area contributed by atoms with Gasteiger partial charge in [0, 0.05) is 0 Å². The summed E-state index contributed by atoms with van der Waals surface area (Å²) in [5, 5.41) is 0. The van der Waals surface area contributed by atoms with E-state index in [9.17, 15) is 0 Å². The molecule has 0 fully saturated rings. The van der Waals surface area contributed by atoms with Crippen molar-refractivity contribution in [1.82, 2.24) is 0 Å². The maximum atomic E-state index is 4.99. The third-order valence-electron chi connectivity index (χ3n) is 3.71. The lowest BCUT2D eigenvalue weighted by molar-refractivity contribution is -0.291. The molecule has 0 rings (SSSR count). The first-order chi connectivity index (χ1) is 9.77. The topological polar surface area (TPSA) is 18.5 Å². The summed E-state index contributed by atoms with van der Waals surface area (Å²) < 4.78 is 0. The van der Waals surface area contributed by atoms with E-state index >= 15 is 0 Å². The van der Waals surface area contributed by atoms with Gasteiger partial charge in [0.15, 0.2) is 0 Å². The molecular formula is C18H38O2. The van der Waals surface area contributed by atoms with Crippen LogP contribution in [-0.2, 0) is 9.78 Å². The van der Waals surface area contributed by atoms with Crippen LogP contribution in [-0.4, -0.2) is 13.2 Å². The molecule has 0 atom stereocenters. The quantitative estimate of drug-likeness (QED) is 0.188. The van der Waals surface area contributed by atoms with Crippen LogP contribution in [0, 0.1) is 5.92 Å². The van der Waals surface area contributed by atoms with Gasteiger partial charge in [-0.05, 0) is 19.3 Å². The highest BCUT2D eigenvalue weighted by atomic mass is 17.2. The zero-order valence-corrected chi connectivity index (χ0v) is 14.3. The molecule has 0 saturated carbocycles. The Kier molecular flexibility index (Phi) is 16.9. The lowest BCUT2D eigenvalue weighted by Crippen LogP contribution is -1.95. The molecule has 2 nitrogen and oxygen atoms in total. The third kappa shape index (κ3) is 17.9. The van der Waals surface area contributed by atoms with Gasteiger partial charge < -0.3 is 0 Å². The summed E-state index contributed by atoms with van der Waals surface area (Å²) in [4.78, 5) is 9.84. The van der Waals surface area contributed by atoms with Crippen molar-refractivity contribution in [2.24, 2.45) is 5.92 Å². The molecule has 0 heterocycles. The second kappa shape index (κ2) is 17.0. The van der Waals surface area contributed by atoms with Gasteiger partial charge in [0.05, 0.1) is 13.2 Å². The number of rotatable bonds is 16. The van der Waals surface area contributed by atoms with E-state index in [2.05, 4.69) is 13.8 Å². The van der Waals surface area contributed by atoms with E-state index < -0.39 is 0 Å². The highest BCUT2D eigenvalue weighted by Gasteiger charge is 1.96. The van der Waals surface area contributed by atoms with Crippen molar-refractivity contribution in [3.05, 3.63) is 0 Å². The van der Waals surface area contributed by atoms with Gasteiger partial charge in [-0.1, -0.05) is 84.5 Å². The summed E-state index contributed by atoms with van der Waals surface area (Å²) in [5.74, 6) is 0.883. The normalized spacial score (nSPS) is 11.4. The van der Waals surface area contributed by atoms with Crippen molar-refractivity contribution in [1.29, 1.82) is 0 Å². The van der Waals surface area contributed by atoms with Crippen LogP contribution in [0.3, 0.4) is 0 Å². The fourth-order valence-corrected chi connectivity index (χ4v) is 2.45. The Bertz CT molecular complexity index is 169. The maximum Gasteiger partial charge on any atom is 0.0822 e. The minimum absolute atomic E-state index is 0.650. The molecular weight excluding hydrogens is 248 g/mol. The molecule has 0 aromatic rings. The zero-order chi connectivity index (χ0) is 14.9. The average molecular weight is 286 g/mol. The Balaban J connectivity index is 2.92. The van der Waals surface area contributed by atoms with Crippen LogP contribution in [0.2, 0.25) is 0 Å². The number of unbranched alkanes of at least 4 members (excludes halogenated alkanes) is 10. The van der Waals surface area contributed by atoms with E-state index in [0.717, 1.165) is 18.9 Å². The van der Waals surface area contributed by atoms with E-state index in [1.54, 1.807) is 0 Å². The van der Waals surface area contributed by atoms with Crippen LogP contribution < -0.4 is 0 Å². The molecule has 0 spiro atoms. The van der Waals surface area contributed by atoms with Crippen LogP contribution in [0.15, 0.2) is 0 Å². The first kappa shape index (κ1) is 19.9. The Hall–Kier alpha value is -0.0800. The predicted molar refractivity (Wildman–Crippen MR) is 87.8 cm³/mol. The summed E-state index contributed by atoms with van der Waals surface area (Å²) in [6.45, 7) is 8.00. The summed E-state index contributed by atoms with van der Waals surface area (Å²) >= 11 is 0. The van der Waals surface area contributed by atoms with E-state index in [0.29, 0.717) is 6.61 Å². The number of hydrogen-bond acceptors (Lipinski definition) is 2. The predicted octanol–water partition coefficient (Wildman–Crippen LogP) is 6.29. The van der Waals surface area contributed by atoms with E-state index in [-0.39, 0.29) is 0 Å². The van der Waals surface area contributed by atoms with Gasteiger partial charge >= 0.3 is 0 Å². The molecule has 0 radical (unpaired) electrons. The largest absolute Gasteiger partial charge is 0.237 e. The highest BCUT2D eigenvalue weighted by Crippen LogP contribution is 2.13. The Morgan fingerprint density at radius 2 is 1.05 bits per heavy atom. The summed E-state index contributed by atoms with van der Waals surface area (Å²) in [7, 11) is 0. The summed E-state index contributed by atoms with van der Waals surface area (Å²) in [6, 6.07) is 0. The fourth-order valence-electron chi connectivity index (χ4n) is 2.45. The Labute approximate surface area is 127 Å². The van der Waals surface area contributed by atoms with Crippen LogP contribution in [0.25, 0.3) is 0 Å². The van der Waals surface area contributed by atoms with Gasteiger partial charge in [-0.2, -0.15) is 0 Å². The smallest absolute Gasteiger partial charge is 0.0822 e. The van der Waals surface area contributed by atoms with Crippen molar-refractivity contribution in [3.8, 4) is 0 Å². The highest BCUT2D eigenvalue weighted by molar-refractivity contribution is 4.50. The first-order valence-corrected chi connectivity index (χ1v) is 9.01. The summed E-state index contributed by atoms with van der Waals surface area (Å²) in [6.07, 6.45) is 16.6. The maximum absolute atomic E-state index is 4.99. The SMILES string of the molecule is CCOOCCCCCCCCCCCCCC(C)C. The molecule has 20 heavy (non-hydrogen) atoms. The molecule has 0 aliphatic rings. The molecule has 0 N–H and O–H groups in total. The van der Waals surface area contributed by atoms with Crippen molar-refractivity contribution >= 4 is 0 Å². The van der Waals surface area contributed by atoms with E-state index in [1.165, 1.54) is 70.6 Å². The molecule has 0 aliphatic carbocycles.